The number of aryl methyl sites for hydroxylation is 1. The number of carbonyl (C=O) groups excluding carboxylic acids is 1. The van der Waals surface area contributed by atoms with Crippen LogP contribution in [-0.4, -0.2) is 17.3 Å². The average molecular weight is 184 g/mol. The van der Waals surface area contributed by atoms with Crippen LogP contribution in [-0.2, 0) is 6.42 Å². The first-order valence-electron chi connectivity index (χ1n) is 3.82. The first-order valence-corrected chi connectivity index (χ1v) is 4.64. The van der Waals surface area contributed by atoms with Gasteiger partial charge in [-0.05, 0) is 13.5 Å². The number of rotatable bonds is 3. The lowest BCUT2D eigenvalue weighted by Crippen LogP contribution is -2.01. The van der Waals surface area contributed by atoms with Crippen molar-refractivity contribution in [2.24, 2.45) is 5.73 Å². The smallest absolute Gasteiger partial charge is 0.171 e. The zero-order chi connectivity index (χ0) is 9.14. The zero-order valence-electron chi connectivity index (χ0n) is 7.26. The summed E-state index contributed by atoms with van der Waals surface area (Å²) >= 11 is 1.45. The second kappa shape index (κ2) is 3.78. The van der Waals surface area contributed by atoms with Gasteiger partial charge in [0.05, 0.1) is 15.6 Å². The minimum atomic E-state index is 0.0910. The summed E-state index contributed by atoms with van der Waals surface area (Å²) in [5.41, 5.74) is 6.21. The molecule has 12 heavy (non-hydrogen) atoms. The number of nitrogens with zero attached hydrogens (tertiary/aromatic N) is 1. The number of carbonyl (C=O) groups is 1. The van der Waals surface area contributed by atoms with Crippen LogP contribution in [0.1, 0.15) is 27.3 Å². The molecule has 0 radical (unpaired) electrons. The quantitative estimate of drug-likeness (QED) is 0.717. The molecular formula is C8H12N2OS. The Labute approximate surface area is 75.6 Å². The molecule has 1 aromatic rings. The molecule has 0 unspecified atom stereocenters. The van der Waals surface area contributed by atoms with Crippen LogP contribution in [0.5, 0.6) is 0 Å². The highest BCUT2D eigenvalue weighted by atomic mass is 32.1. The standard InChI is InChI=1S/C8H12N2OS/c1-5-8(6(2)11)12-7(10-5)3-4-9/h3-4,9H2,1-2H3. The second-order valence-electron chi connectivity index (χ2n) is 2.62. The summed E-state index contributed by atoms with van der Waals surface area (Å²) < 4.78 is 0. The third-order valence-electron chi connectivity index (χ3n) is 1.52. The summed E-state index contributed by atoms with van der Waals surface area (Å²) in [6.45, 7) is 4.00. The van der Waals surface area contributed by atoms with Gasteiger partial charge in [-0.15, -0.1) is 11.3 Å². The van der Waals surface area contributed by atoms with Crippen LogP contribution in [0.4, 0.5) is 0 Å². The van der Waals surface area contributed by atoms with Gasteiger partial charge in [0.25, 0.3) is 0 Å². The number of hydrogen-bond donors (Lipinski definition) is 1. The third kappa shape index (κ3) is 1.89. The SMILES string of the molecule is CC(=O)c1sc(CCN)nc1C. The molecular weight excluding hydrogens is 172 g/mol. The predicted octanol–water partition coefficient (Wildman–Crippen LogP) is 1.16. The summed E-state index contributed by atoms with van der Waals surface area (Å²) in [7, 11) is 0. The van der Waals surface area contributed by atoms with Gasteiger partial charge in [-0.3, -0.25) is 4.79 Å². The molecule has 1 rings (SSSR count). The molecule has 1 heterocycles. The van der Waals surface area contributed by atoms with Crippen molar-refractivity contribution in [3.05, 3.63) is 15.6 Å². The van der Waals surface area contributed by atoms with E-state index in [1.165, 1.54) is 11.3 Å². The van der Waals surface area contributed by atoms with Crippen LogP contribution < -0.4 is 5.73 Å². The van der Waals surface area contributed by atoms with Crippen molar-refractivity contribution < 1.29 is 4.79 Å². The van der Waals surface area contributed by atoms with Gasteiger partial charge in [-0.25, -0.2) is 4.98 Å². The van der Waals surface area contributed by atoms with Crippen molar-refractivity contribution in [3.8, 4) is 0 Å². The maximum Gasteiger partial charge on any atom is 0.171 e. The number of ketones is 1. The fraction of sp³-hybridized carbons (Fsp3) is 0.500. The van der Waals surface area contributed by atoms with Crippen LogP contribution in [0.3, 0.4) is 0 Å². The van der Waals surface area contributed by atoms with Crippen molar-refractivity contribution in [2.75, 3.05) is 6.54 Å². The van der Waals surface area contributed by atoms with E-state index in [9.17, 15) is 4.79 Å². The van der Waals surface area contributed by atoms with Crippen molar-refractivity contribution in [2.45, 2.75) is 20.3 Å². The number of nitrogens with two attached hydrogens (primary N) is 1. The second-order valence-corrected chi connectivity index (χ2v) is 3.70. The van der Waals surface area contributed by atoms with E-state index in [1.807, 2.05) is 6.92 Å². The monoisotopic (exact) mass is 184 g/mol. The average Bonchev–Trinajstić information content (AvgIpc) is 2.32. The van der Waals surface area contributed by atoms with Crippen LogP contribution in [0.25, 0.3) is 0 Å². The van der Waals surface area contributed by atoms with E-state index in [2.05, 4.69) is 4.98 Å². The van der Waals surface area contributed by atoms with E-state index >= 15 is 0 Å². The van der Waals surface area contributed by atoms with Crippen molar-refractivity contribution in [3.63, 3.8) is 0 Å². The van der Waals surface area contributed by atoms with Crippen molar-refractivity contribution in [1.82, 2.24) is 4.98 Å². The molecule has 3 nitrogen and oxygen atoms in total. The molecule has 0 aliphatic rings. The molecule has 0 fully saturated rings. The molecule has 0 aromatic carbocycles. The lowest BCUT2D eigenvalue weighted by molar-refractivity contribution is 0.102. The highest BCUT2D eigenvalue weighted by molar-refractivity contribution is 7.13. The molecule has 0 aliphatic carbocycles. The van der Waals surface area contributed by atoms with E-state index in [0.717, 1.165) is 22.0 Å². The van der Waals surface area contributed by atoms with E-state index in [1.54, 1.807) is 6.92 Å². The summed E-state index contributed by atoms with van der Waals surface area (Å²) in [4.78, 5) is 16.0. The van der Waals surface area contributed by atoms with Gasteiger partial charge in [-0.2, -0.15) is 0 Å². The molecule has 66 valence electrons. The lowest BCUT2D eigenvalue weighted by atomic mass is 10.3. The third-order valence-corrected chi connectivity index (χ3v) is 2.84. The van der Waals surface area contributed by atoms with Crippen LogP contribution in [0, 0.1) is 6.92 Å². The summed E-state index contributed by atoms with van der Waals surface area (Å²) in [5, 5.41) is 0.959. The maximum atomic E-state index is 11.0. The molecule has 0 aliphatic heterocycles. The van der Waals surface area contributed by atoms with Crippen LogP contribution in [0.15, 0.2) is 0 Å². The summed E-state index contributed by atoms with van der Waals surface area (Å²) in [6.07, 6.45) is 0.763. The Balaban J connectivity index is 2.92. The molecule has 0 amide bonds. The minimum Gasteiger partial charge on any atom is -0.330 e. The molecule has 2 N–H and O–H groups in total. The molecule has 0 atom stereocenters. The van der Waals surface area contributed by atoms with Gasteiger partial charge < -0.3 is 5.73 Å². The topological polar surface area (TPSA) is 56.0 Å². The minimum absolute atomic E-state index is 0.0910. The number of aromatic nitrogens is 1. The Morgan fingerprint density at radius 2 is 2.33 bits per heavy atom. The van der Waals surface area contributed by atoms with Gasteiger partial charge >= 0.3 is 0 Å². The number of Topliss-reactive ketones (excluding diaryl/α,β-unsaturated/α-hetero) is 1. The molecule has 0 bridgehead atoms. The molecule has 0 saturated heterocycles. The number of thiazole rings is 1. The number of hydrogen-bond acceptors (Lipinski definition) is 4. The van der Waals surface area contributed by atoms with E-state index in [0.29, 0.717) is 6.54 Å². The molecule has 4 heteroatoms. The Kier molecular flexibility index (Phi) is 2.94. The van der Waals surface area contributed by atoms with Crippen molar-refractivity contribution >= 4 is 17.1 Å². The van der Waals surface area contributed by atoms with Gasteiger partial charge in [0, 0.05) is 13.3 Å². The normalized spacial score (nSPS) is 10.2. The van der Waals surface area contributed by atoms with Crippen LogP contribution >= 0.6 is 11.3 Å². The Bertz CT molecular complexity index is 293. The molecule has 1 aromatic heterocycles. The van der Waals surface area contributed by atoms with Gasteiger partial charge in [-0.1, -0.05) is 0 Å². The fourth-order valence-electron chi connectivity index (χ4n) is 1.01. The van der Waals surface area contributed by atoms with E-state index < -0.39 is 0 Å². The maximum absolute atomic E-state index is 11.0. The summed E-state index contributed by atoms with van der Waals surface area (Å²) in [5.74, 6) is 0.0910. The summed E-state index contributed by atoms with van der Waals surface area (Å²) in [6, 6.07) is 0. The Morgan fingerprint density at radius 1 is 1.67 bits per heavy atom. The first-order chi connectivity index (χ1) is 5.65. The van der Waals surface area contributed by atoms with E-state index in [-0.39, 0.29) is 5.78 Å². The largest absolute Gasteiger partial charge is 0.330 e. The van der Waals surface area contributed by atoms with Gasteiger partial charge in [0.15, 0.2) is 5.78 Å². The molecule has 0 spiro atoms. The van der Waals surface area contributed by atoms with Gasteiger partial charge in [0.2, 0.25) is 0 Å². The van der Waals surface area contributed by atoms with E-state index in [4.69, 9.17) is 5.73 Å². The predicted molar refractivity (Wildman–Crippen MR) is 49.6 cm³/mol. The Morgan fingerprint density at radius 3 is 2.75 bits per heavy atom. The van der Waals surface area contributed by atoms with Crippen LogP contribution in [0.2, 0.25) is 0 Å². The fourth-order valence-corrected chi connectivity index (χ4v) is 1.98. The van der Waals surface area contributed by atoms with Crippen molar-refractivity contribution in [1.29, 1.82) is 0 Å². The Hall–Kier alpha value is -0.740. The highest BCUT2D eigenvalue weighted by Gasteiger charge is 2.10. The zero-order valence-corrected chi connectivity index (χ0v) is 8.07. The van der Waals surface area contributed by atoms with Gasteiger partial charge in [0.1, 0.15) is 0 Å². The highest BCUT2D eigenvalue weighted by Crippen LogP contribution is 2.18. The first kappa shape index (κ1) is 9.35. The molecule has 0 saturated carbocycles. The lowest BCUT2D eigenvalue weighted by Gasteiger charge is -1.86.